The third-order valence-electron chi connectivity index (χ3n) is 5.56. The molecule has 1 aliphatic rings. The molecule has 1 unspecified atom stereocenters. The number of amides is 1. The van der Waals surface area contributed by atoms with Crippen molar-refractivity contribution in [1.82, 2.24) is 5.43 Å². The third kappa shape index (κ3) is 4.35. The van der Waals surface area contributed by atoms with Gasteiger partial charge in [-0.25, -0.2) is 5.43 Å². The maximum atomic E-state index is 12.1. The van der Waals surface area contributed by atoms with Crippen LogP contribution in [0.15, 0.2) is 47.6 Å². The van der Waals surface area contributed by atoms with Crippen molar-refractivity contribution < 1.29 is 9.53 Å². The van der Waals surface area contributed by atoms with E-state index in [2.05, 4.69) is 55.4 Å². The first-order chi connectivity index (χ1) is 13.3. The van der Waals surface area contributed by atoms with Gasteiger partial charge in [0.25, 0.3) is 0 Å². The summed E-state index contributed by atoms with van der Waals surface area (Å²) in [6, 6.07) is 13.8. The number of ether oxygens (including phenoxy) is 1. The van der Waals surface area contributed by atoms with Gasteiger partial charge in [-0.3, -0.25) is 4.79 Å². The highest BCUT2D eigenvalue weighted by Crippen LogP contribution is 2.42. The molecule has 2 aromatic rings. The molecule has 1 aliphatic heterocycles. The number of carbonyl (C=O) groups is 1. The Bertz CT molecular complexity index is 889. The standard InChI is InChI=1S/C23H29N3O2/c1-16-14-23(2,3)26(4)21-10-9-18(12-20(16)21)15-24-25-22(27)13-17-7-6-8-19(11-17)28-5/h6-12,15-16H,13-14H2,1-5H3,(H,25,27)/b24-15+. The molecule has 0 aliphatic carbocycles. The molecular weight excluding hydrogens is 350 g/mol. The van der Waals surface area contributed by atoms with Crippen LogP contribution in [-0.2, 0) is 11.2 Å². The fraction of sp³-hybridized carbons (Fsp3) is 0.391. The molecule has 5 heteroatoms. The zero-order chi connectivity index (χ0) is 20.3. The largest absolute Gasteiger partial charge is 0.497 e. The monoisotopic (exact) mass is 379 g/mol. The Balaban J connectivity index is 1.65. The van der Waals surface area contributed by atoms with Crippen molar-refractivity contribution in [3.05, 3.63) is 59.2 Å². The lowest BCUT2D eigenvalue weighted by Gasteiger charge is -2.45. The smallest absolute Gasteiger partial charge is 0.244 e. The van der Waals surface area contributed by atoms with E-state index in [0.717, 1.165) is 23.3 Å². The predicted molar refractivity (Wildman–Crippen MR) is 114 cm³/mol. The first kappa shape index (κ1) is 19.9. The number of rotatable bonds is 5. The fourth-order valence-electron chi connectivity index (χ4n) is 3.86. The van der Waals surface area contributed by atoms with E-state index in [1.165, 1.54) is 11.3 Å². The number of benzene rings is 2. The minimum atomic E-state index is -0.155. The maximum absolute atomic E-state index is 12.1. The lowest BCUT2D eigenvalue weighted by molar-refractivity contribution is -0.120. The summed E-state index contributed by atoms with van der Waals surface area (Å²) in [6.07, 6.45) is 3.07. The van der Waals surface area contributed by atoms with E-state index >= 15 is 0 Å². The second-order valence-corrected chi connectivity index (χ2v) is 8.12. The Labute approximate surface area is 167 Å². The highest BCUT2D eigenvalue weighted by atomic mass is 16.5. The SMILES string of the molecule is COc1cccc(CC(=O)N/N=C/c2ccc3c(c2)C(C)CC(C)(C)N3C)c1. The van der Waals surface area contributed by atoms with Crippen molar-refractivity contribution in [1.29, 1.82) is 0 Å². The molecule has 1 heterocycles. The van der Waals surface area contributed by atoms with E-state index in [0.29, 0.717) is 5.92 Å². The van der Waals surface area contributed by atoms with Gasteiger partial charge >= 0.3 is 0 Å². The molecule has 0 radical (unpaired) electrons. The van der Waals surface area contributed by atoms with Crippen molar-refractivity contribution >= 4 is 17.8 Å². The minimum absolute atomic E-state index is 0.149. The number of hydrogen-bond acceptors (Lipinski definition) is 4. The van der Waals surface area contributed by atoms with Gasteiger partial charge < -0.3 is 9.64 Å². The Hall–Kier alpha value is -2.82. The molecule has 0 fully saturated rings. The topological polar surface area (TPSA) is 53.9 Å². The molecule has 0 aromatic heterocycles. The van der Waals surface area contributed by atoms with Gasteiger partial charge in [0.15, 0.2) is 0 Å². The molecule has 1 amide bonds. The normalized spacial score (nSPS) is 18.0. The first-order valence-corrected chi connectivity index (χ1v) is 9.63. The quantitative estimate of drug-likeness (QED) is 0.628. The average Bonchev–Trinajstić information content (AvgIpc) is 2.66. The number of nitrogens with one attached hydrogen (secondary N) is 1. The van der Waals surface area contributed by atoms with Gasteiger partial charge in [-0.15, -0.1) is 0 Å². The van der Waals surface area contributed by atoms with Gasteiger partial charge in [0.05, 0.1) is 19.7 Å². The lowest BCUT2D eigenvalue weighted by atomic mass is 9.80. The Morgan fingerprint density at radius 3 is 2.86 bits per heavy atom. The zero-order valence-corrected chi connectivity index (χ0v) is 17.3. The second kappa shape index (κ2) is 8.05. The summed E-state index contributed by atoms with van der Waals surface area (Å²) in [6.45, 7) is 6.82. The molecule has 0 saturated heterocycles. The van der Waals surface area contributed by atoms with Gasteiger partial charge in [-0.05, 0) is 67.1 Å². The Kier molecular flexibility index (Phi) is 5.73. The van der Waals surface area contributed by atoms with Crippen LogP contribution in [0.5, 0.6) is 5.75 Å². The van der Waals surface area contributed by atoms with E-state index in [1.807, 2.05) is 30.3 Å². The van der Waals surface area contributed by atoms with Crippen LogP contribution >= 0.6 is 0 Å². The second-order valence-electron chi connectivity index (χ2n) is 8.12. The number of fused-ring (bicyclic) bond motifs is 1. The van der Waals surface area contributed by atoms with Crippen molar-refractivity contribution in [3.63, 3.8) is 0 Å². The molecule has 0 spiro atoms. The molecule has 148 valence electrons. The first-order valence-electron chi connectivity index (χ1n) is 9.63. The Morgan fingerprint density at radius 1 is 1.32 bits per heavy atom. The van der Waals surface area contributed by atoms with Gasteiger partial charge in [0.2, 0.25) is 5.91 Å². The van der Waals surface area contributed by atoms with Gasteiger partial charge in [-0.1, -0.05) is 25.1 Å². The van der Waals surface area contributed by atoms with Crippen LogP contribution in [0.3, 0.4) is 0 Å². The minimum Gasteiger partial charge on any atom is -0.497 e. The number of nitrogens with zero attached hydrogens (tertiary/aromatic N) is 2. The van der Waals surface area contributed by atoms with Crippen LogP contribution in [0, 0.1) is 0 Å². The van der Waals surface area contributed by atoms with Crippen molar-refractivity contribution in [2.75, 3.05) is 19.1 Å². The highest BCUT2D eigenvalue weighted by molar-refractivity contribution is 5.84. The fourth-order valence-corrected chi connectivity index (χ4v) is 3.86. The van der Waals surface area contributed by atoms with E-state index in [1.54, 1.807) is 13.3 Å². The van der Waals surface area contributed by atoms with E-state index in [4.69, 9.17) is 4.74 Å². The number of hydrazone groups is 1. The third-order valence-corrected chi connectivity index (χ3v) is 5.56. The van der Waals surface area contributed by atoms with Gasteiger partial charge in [0, 0.05) is 18.3 Å². The van der Waals surface area contributed by atoms with E-state index in [9.17, 15) is 4.79 Å². The summed E-state index contributed by atoms with van der Waals surface area (Å²) in [7, 11) is 3.76. The highest BCUT2D eigenvalue weighted by Gasteiger charge is 2.33. The molecule has 1 atom stereocenters. The van der Waals surface area contributed by atoms with Crippen LogP contribution in [0.2, 0.25) is 0 Å². The summed E-state index contributed by atoms with van der Waals surface area (Å²) < 4.78 is 5.19. The van der Waals surface area contributed by atoms with Crippen molar-refractivity contribution in [2.24, 2.45) is 5.10 Å². The molecule has 3 rings (SSSR count). The van der Waals surface area contributed by atoms with Crippen molar-refractivity contribution in [3.8, 4) is 5.75 Å². The van der Waals surface area contributed by atoms with Gasteiger partial charge in [0.1, 0.15) is 5.75 Å². The van der Waals surface area contributed by atoms with Crippen LogP contribution in [-0.4, -0.2) is 31.8 Å². The number of anilines is 1. The molecular formula is C23H29N3O2. The summed E-state index contributed by atoms with van der Waals surface area (Å²) in [5.41, 5.74) is 7.23. The van der Waals surface area contributed by atoms with Gasteiger partial charge in [-0.2, -0.15) is 5.10 Å². The summed E-state index contributed by atoms with van der Waals surface area (Å²) in [4.78, 5) is 14.5. The predicted octanol–water partition coefficient (Wildman–Crippen LogP) is 4.11. The molecule has 5 nitrogen and oxygen atoms in total. The zero-order valence-electron chi connectivity index (χ0n) is 17.3. The lowest BCUT2D eigenvalue weighted by Crippen LogP contribution is -2.45. The molecule has 1 N–H and O–H groups in total. The molecule has 0 bridgehead atoms. The summed E-state index contributed by atoms with van der Waals surface area (Å²) in [5.74, 6) is 1.07. The van der Waals surface area contributed by atoms with Crippen LogP contribution in [0.1, 0.15) is 49.8 Å². The maximum Gasteiger partial charge on any atom is 0.244 e. The van der Waals surface area contributed by atoms with Crippen molar-refractivity contribution in [2.45, 2.75) is 45.1 Å². The van der Waals surface area contributed by atoms with E-state index < -0.39 is 0 Å². The summed E-state index contributed by atoms with van der Waals surface area (Å²) >= 11 is 0. The molecule has 2 aromatic carbocycles. The molecule has 28 heavy (non-hydrogen) atoms. The number of hydrogen-bond donors (Lipinski definition) is 1. The van der Waals surface area contributed by atoms with Crippen LogP contribution < -0.4 is 15.1 Å². The number of methoxy groups -OCH3 is 1. The average molecular weight is 380 g/mol. The number of carbonyl (C=O) groups excluding carboxylic acids is 1. The van der Waals surface area contributed by atoms with Crippen LogP contribution in [0.25, 0.3) is 0 Å². The summed E-state index contributed by atoms with van der Waals surface area (Å²) in [5, 5.41) is 4.13. The van der Waals surface area contributed by atoms with E-state index in [-0.39, 0.29) is 17.9 Å². The molecule has 0 saturated carbocycles. The van der Waals surface area contributed by atoms with Crippen LogP contribution in [0.4, 0.5) is 5.69 Å². The Morgan fingerprint density at radius 2 is 2.11 bits per heavy atom.